The number of nitrogens with zero attached hydrogens (tertiary/aromatic N) is 3. The van der Waals surface area contributed by atoms with Gasteiger partial charge in [-0.1, -0.05) is 59.6 Å². The van der Waals surface area contributed by atoms with Crippen LogP contribution >= 0.6 is 11.6 Å². The number of fused-ring (bicyclic) bond motifs is 1. The largest absolute Gasteiger partial charge is 0.324 e. The Bertz CT molecular complexity index is 880. The maximum atomic E-state index is 6.39. The summed E-state index contributed by atoms with van der Waals surface area (Å²) in [6, 6.07) is 16.1. The molecule has 114 valence electrons. The number of anilines is 1. The summed E-state index contributed by atoms with van der Waals surface area (Å²) in [5.74, 6) is 0.716. The first kappa shape index (κ1) is 14.0. The van der Waals surface area contributed by atoms with Crippen molar-refractivity contribution in [2.24, 2.45) is 0 Å². The van der Waals surface area contributed by atoms with Crippen molar-refractivity contribution in [3.8, 4) is 0 Å². The summed E-state index contributed by atoms with van der Waals surface area (Å²) >= 11 is 6.39. The number of aryl methyl sites for hydroxylation is 1. The first-order valence-corrected chi connectivity index (χ1v) is 7.80. The van der Waals surface area contributed by atoms with Crippen LogP contribution in [0, 0.1) is 6.92 Å². The first-order chi connectivity index (χ1) is 11.2. The zero-order chi connectivity index (χ0) is 15.8. The molecule has 0 fully saturated rings. The molecule has 1 atom stereocenters. The van der Waals surface area contributed by atoms with Crippen molar-refractivity contribution in [1.82, 2.24) is 14.8 Å². The molecule has 1 aromatic heterocycles. The van der Waals surface area contributed by atoms with Crippen LogP contribution in [0.4, 0.5) is 5.95 Å². The van der Waals surface area contributed by atoms with Gasteiger partial charge in [-0.25, -0.2) is 4.68 Å². The third-order valence-electron chi connectivity index (χ3n) is 3.99. The van der Waals surface area contributed by atoms with Crippen LogP contribution in [0.3, 0.4) is 0 Å². The van der Waals surface area contributed by atoms with E-state index in [4.69, 9.17) is 11.6 Å². The average molecular weight is 323 g/mol. The monoisotopic (exact) mass is 322 g/mol. The topological polar surface area (TPSA) is 42.7 Å². The maximum Gasteiger partial charge on any atom is 0.226 e. The molecule has 1 N–H and O–H groups in total. The molecule has 0 radical (unpaired) electrons. The fraction of sp³-hybridized carbons (Fsp3) is 0.111. The van der Waals surface area contributed by atoms with Crippen LogP contribution in [-0.4, -0.2) is 14.8 Å². The van der Waals surface area contributed by atoms with Gasteiger partial charge in [-0.2, -0.15) is 10.1 Å². The number of rotatable bonds is 2. The lowest BCUT2D eigenvalue weighted by Crippen LogP contribution is -2.20. The number of halogens is 1. The summed E-state index contributed by atoms with van der Waals surface area (Å²) in [6.07, 6.45) is 3.69. The van der Waals surface area contributed by atoms with Gasteiger partial charge >= 0.3 is 0 Å². The summed E-state index contributed by atoms with van der Waals surface area (Å²) in [5.41, 5.74) is 4.36. The van der Waals surface area contributed by atoms with E-state index in [0.717, 1.165) is 21.8 Å². The fourth-order valence-corrected chi connectivity index (χ4v) is 3.02. The number of aromatic nitrogens is 3. The zero-order valence-electron chi connectivity index (χ0n) is 12.6. The van der Waals surface area contributed by atoms with Crippen molar-refractivity contribution in [3.05, 3.63) is 82.6 Å². The molecule has 0 saturated heterocycles. The molecule has 4 nitrogen and oxygen atoms in total. The third kappa shape index (κ3) is 2.51. The highest BCUT2D eigenvalue weighted by atomic mass is 35.5. The molecule has 2 aromatic carbocycles. The van der Waals surface area contributed by atoms with Gasteiger partial charge in [0.15, 0.2) is 0 Å². The van der Waals surface area contributed by atoms with Crippen molar-refractivity contribution in [2.45, 2.75) is 13.0 Å². The summed E-state index contributed by atoms with van der Waals surface area (Å²) in [5, 5.41) is 8.40. The van der Waals surface area contributed by atoms with Crippen LogP contribution in [0.25, 0.3) is 5.70 Å². The molecule has 0 unspecified atom stereocenters. The second kappa shape index (κ2) is 5.56. The minimum atomic E-state index is -0.0845. The van der Waals surface area contributed by atoms with E-state index >= 15 is 0 Å². The minimum Gasteiger partial charge on any atom is -0.324 e. The van der Waals surface area contributed by atoms with Gasteiger partial charge in [-0.3, -0.25) is 0 Å². The van der Waals surface area contributed by atoms with E-state index in [2.05, 4.69) is 52.7 Å². The minimum absolute atomic E-state index is 0.0845. The third-order valence-corrected chi connectivity index (χ3v) is 4.34. The molecule has 4 rings (SSSR count). The van der Waals surface area contributed by atoms with Gasteiger partial charge in [0.2, 0.25) is 5.95 Å². The van der Waals surface area contributed by atoms with E-state index in [0.29, 0.717) is 5.95 Å². The molecule has 5 heteroatoms. The van der Waals surface area contributed by atoms with Crippen LogP contribution in [0.1, 0.15) is 22.7 Å². The van der Waals surface area contributed by atoms with E-state index in [9.17, 15) is 0 Å². The smallest absolute Gasteiger partial charge is 0.226 e. The number of allylic oxidation sites excluding steroid dienone is 1. The Kier molecular flexibility index (Phi) is 3.39. The Hall–Kier alpha value is -2.59. The summed E-state index contributed by atoms with van der Waals surface area (Å²) in [6.45, 7) is 2.08. The molecule has 1 aliphatic heterocycles. The van der Waals surface area contributed by atoms with Crippen LogP contribution in [-0.2, 0) is 0 Å². The Morgan fingerprint density at radius 3 is 2.65 bits per heavy atom. The van der Waals surface area contributed by atoms with Crippen molar-refractivity contribution in [3.63, 3.8) is 0 Å². The van der Waals surface area contributed by atoms with Crippen LogP contribution in [0.5, 0.6) is 0 Å². The van der Waals surface area contributed by atoms with E-state index in [1.807, 2.05) is 28.9 Å². The number of nitrogens with one attached hydrogen (secondary N) is 1. The van der Waals surface area contributed by atoms with Gasteiger partial charge in [0.1, 0.15) is 12.4 Å². The Labute approximate surface area is 139 Å². The van der Waals surface area contributed by atoms with Crippen molar-refractivity contribution in [2.75, 3.05) is 5.32 Å². The maximum absolute atomic E-state index is 6.39. The fourth-order valence-electron chi connectivity index (χ4n) is 2.77. The lowest BCUT2D eigenvalue weighted by Gasteiger charge is -2.25. The lowest BCUT2D eigenvalue weighted by molar-refractivity contribution is 0.612. The molecule has 1 aliphatic rings. The normalized spacial score (nSPS) is 16.4. The molecular formula is C18H15ClN4. The molecule has 0 aliphatic carbocycles. The van der Waals surface area contributed by atoms with Crippen LogP contribution < -0.4 is 5.32 Å². The zero-order valence-corrected chi connectivity index (χ0v) is 13.3. The van der Waals surface area contributed by atoms with Gasteiger partial charge < -0.3 is 5.32 Å². The second-order valence-electron chi connectivity index (χ2n) is 5.57. The number of benzene rings is 2. The molecule has 2 heterocycles. The Morgan fingerprint density at radius 1 is 1.09 bits per heavy atom. The van der Waals surface area contributed by atoms with Crippen molar-refractivity contribution >= 4 is 23.2 Å². The van der Waals surface area contributed by atoms with Gasteiger partial charge in [-0.15, -0.1) is 0 Å². The molecule has 3 aromatic rings. The first-order valence-electron chi connectivity index (χ1n) is 7.42. The Morgan fingerprint density at radius 2 is 1.87 bits per heavy atom. The van der Waals surface area contributed by atoms with Gasteiger partial charge in [-0.05, 0) is 30.2 Å². The van der Waals surface area contributed by atoms with E-state index in [1.54, 1.807) is 6.33 Å². The Balaban J connectivity index is 1.83. The van der Waals surface area contributed by atoms with Crippen molar-refractivity contribution < 1.29 is 0 Å². The molecular weight excluding hydrogens is 308 g/mol. The molecule has 0 spiro atoms. The van der Waals surface area contributed by atoms with Crippen LogP contribution in [0.2, 0.25) is 5.02 Å². The predicted molar refractivity (Wildman–Crippen MR) is 92.4 cm³/mol. The average Bonchev–Trinajstić information content (AvgIpc) is 3.04. The molecule has 0 saturated carbocycles. The van der Waals surface area contributed by atoms with Gasteiger partial charge in [0.25, 0.3) is 0 Å². The summed E-state index contributed by atoms with van der Waals surface area (Å²) < 4.78 is 1.85. The van der Waals surface area contributed by atoms with Gasteiger partial charge in [0, 0.05) is 10.7 Å². The second-order valence-corrected chi connectivity index (χ2v) is 5.97. The summed E-state index contributed by atoms with van der Waals surface area (Å²) in [7, 11) is 0. The number of hydrogen-bond acceptors (Lipinski definition) is 3. The van der Waals surface area contributed by atoms with Gasteiger partial charge in [0.05, 0.1) is 0 Å². The van der Waals surface area contributed by atoms with Crippen LogP contribution in [0.15, 0.2) is 60.9 Å². The highest BCUT2D eigenvalue weighted by molar-refractivity contribution is 6.31. The quantitative estimate of drug-likeness (QED) is 0.765. The standard InChI is InChI=1S/C18H15ClN4/c1-12-6-8-13(9-7-12)16-10-17(14-4-2-3-5-15(14)19)23-18(22-16)20-11-21-23/h2-11,17H,1H3,(H,20,21,22)/t17-/m1/s1. The highest BCUT2D eigenvalue weighted by Gasteiger charge is 2.24. The highest BCUT2D eigenvalue weighted by Crippen LogP contribution is 2.34. The molecule has 0 bridgehead atoms. The van der Waals surface area contributed by atoms with Crippen molar-refractivity contribution in [1.29, 1.82) is 0 Å². The van der Waals surface area contributed by atoms with E-state index < -0.39 is 0 Å². The molecule has 23 heavy (non-hydrogen) atoms. The van der Waals surface area contributed by atoms with E-state index in [-0.39, 0.29) is 6.04 Å². The number of hydrogen-bond donors (Lipinski definition) is 1. The predicted octanol–water partition coefficient (Wildman–Crippen LogP) is 4.30. The SMILES string of the molecule is Cc1ccc(C2=C[C@H](c3ccccc3Cl)n3ncnc3N2)cc1. The molecule has 0 amide bonds. The van der Waals surface area contributed by atoms with E-state index in [1.165, 1.54) is 5.56 Å². The lowest BCUT2D eigenvalue weighted by atomic mass is 10.0. The summed E-state index contributed by atoms with van der Waals surface area (Å²) in [4.78, 5) is 4.31.